The molecule has 0 aliphatic rings. The van der Waals surface area contributed by atoms with Crippen LogP contribution in [0.15, 0.2) is 59.5 Å². The molecule has 0 heterocycles. The van der Waals surface area contributed by atoms with E-state index in [1.54, 1.807) is 0 Å². The van der Waals surface area contributed by atoms with Crippen molar-refractivity contribution in [2.24, 2.45) is 0 Å². The minimum Gasteiger partial charge on any atom is -0.355 e. The molecular weight excluding hydrogens is 358 g/mol. The molecule has 2 aromatic carbocycles. The van der Waals surface area contributed by atoms with E-state index in [-0.39, 0.29) is 28.9 Å². The zero-order valence-electron chi connectivity index (χ0n) is 14.1. The summed E-state index contributed by atoms with van der Waals surface area (Å²) in [6.45, 7) is 2.56. The van der Waals surface area contributed by atoms with E-state index >= 15 is 0 Å². The van der Waals surface area contributed by atoms with Gasteiger partial charge >= 0.3 is 0 Å². The van der Waals surface area contributed by atoms with Crippen molar-refractivity contribution in [3.63, 3.8) is 0 Å². The van der Waals surface area contributed by atoms with Crippen molar-refractivity contribution in [3.05, 3.63) is 65.2 Å². The Morgan fingerprint density at radius 1 is 1.08 bits per heavy atom. The molecule has 0 fully saturated rings. The van der Waals surface area contributed by atoms with Gasteiger partial charge in [0.15, 0.2) is 9.84 Å². The van der Waals surface area contributed by atoms with E-state index in [9.17, 15) is 13.2 Å². The molecule has 0 aliphatic heterocycles. The fourth-order valence-corrected chi connectivity index (χ4v) is 3.90. The Morgan fingerprint density at radius 3 is 2.32 bits per heavy atom. The lowest BCUT2D eigenvalue weighted by Crippen LogP contribution is -2.29. The van der Waals surface area contributed by atoms with Crippen LogP contribution in [0, 0.1) is 0 Å². The topological polar surface area (TPSA) is 63.2 Å². The van der Waals surface area contributed by atoms with Crippen LogP contribution in [0.1, 0.15) is 31.2 Å². The van der Waals surface area contributed by atoms with E-state index in [1.165, 1.54) is 29.8 Å². The predicted molar refractivity (Wildman–Crippen MR) is 101 cm³/mol. The number of sulfone groups is 1. The van der Waals surface area contributed by atoms with Crippen LogP contribution >= 0.6 is 11.6 Å². The maximum absolute atomic E-state index is 12.2. The minimum atomic E-state index is -3.49. The Balaban J connectivity index is 1.86. The molecule has 0 aliphatic carbocycles. The van der Waals surface area contributed by atoms with Gasteiger partial charge in [-0.1, -0.05) is 48.9 Å². The van der Waals surface area contributed by atoms with E-state index in [0.717, 1.165) is 6.42 Å². The van der Waals surface area contributed by atoms with Crippen molar-refractivity contribution in [1.82, 2.24) is 5.32 Å². The molecule has 6 heteroatoms. The fourth-order valence-electron chi connectivity index (χ4n) is 2.54. The second-order valence-electron chi connectivity index (χ2n) is 5.84. The average Bonchev–Trinajstić information content (AvgIpc) is 2.62. The van der Waals surface area contributed by atoms with Crippen LogP contribution in [0.2, 0.25) is 5.02 Å². The van der Waals surface area contributed by atoms with Crippen molar-refractivity contribution in [2.45, 2.75) is 30.6 Å². The van der Waals surface area contributed by atoms with Crippen molar-refractivity contribution >= 4 is 27.3 Å². The van der Waals surface area contributed by atoms with Gasteiger partial charge in [0, 0.05) is 23.9 Å². The highest BCUT2D eigenvalue weighted by molar-refractivity contribution is 7.91. The predicted octanol–water partition coefficient (Wildman–Crippen LogP) is 3.81. The molecule has 0 saturated heterocycles. The van der Waals surface area contributed by atoms with Gasteiger partial charge in [0.2, 0.25) is 5.91 Å². The maximum Gasteiger partial charge on any atom is 0.221 e. The van der Waals surface area contributed by atoms with Crippen molar-refractivity contribution in [1.29, 1.82) is 0 Å². The highest BCUT2D eigenvalue weighted by Gasteiger charge is 2.17. The summed E-state index contributed by atoms with van der Waals surface area (Å²) in [5.74, 6) is -0.257. The lowest BCUT2D eigenvalue weighted by Gasteiger charge is -2.16. The summed E-state index contributed by atoms with van der Waals surface area (Å²) in [6, 6.07) is 15.9. The third-order valence-corrected chi connectivity index (χ3v) is 6.06. The van der Waals surface area contributed by atoms with Gasteiger partial charge in [-0.05, 0) is 36.2 Å². The van der Waals surface area contributed by atoms with Gasteiger partial charge in [-0.25, -0.2) is 8.42 Å². The summed E-state index contributed by atoms with van der Waals surface area (Å²) >= 11 is 5.77. The monoisotopic (exact) mass is 379 g/mol. The molecule has 1 unspecified atom stereocenters. The first-order valence-corrected chi connectivity index (χ1v) is 10.3. The molecule has 2 rings (SSSR count). The smallest absolute Gasteiger partial charge is 0.221 e. The highest BCUT2D eigenvalue weighted by Crippen LogP contribution is 2.18. The highest BCUT2D eigenvalue weighted by atomic mass is 35.5. The number of benzene rings is 2. The molecule has 0 radical (unpaired) electrons. The van der Waals surface area contributed by atoms with Crippen molar-refractivity contribution in [3.8, 4) is 0 Å². The van der Waals surface area contributed by atoms with Crippen LogP contribution in [0.4, 0.5) is 0 Å². The number of carbonyl (C=O) groups is 1. The Hall–Kier alpha value is -1.85. The summed E-state index contributed by atoms with van der Waals surface area (Å²) in [5.41, 5.74) is 1.17. The number of halogens is 1. The summed E-state index contributed by atoms with van der Waals surface area (Å²) in [4.78, 5) is 12.2. The largest absolute Gasteiger partial charge is 0.355 e. The summed E-state index contributed by atoms with van der Waals surface area (Å²) in [6.07, 6.45) is 0.837. The third kappa shape index (κ3) is 5.87. The molecule has 2 aromatic rings. The second-order valence-corrected chi connectivity index (χ2v) is 8.39. The summed E-state index contributed by atoms with van der Waals surface area (Å²) in [7, 11) is -3.49. The molecule has 0 spiro atoms. The molecule has 134 valence electrons. The van der Waals surface area contributed by atoms with E-state index in [4.69, 9.17) is 11.6 Å². The number of hydrogen-bond acceptors (Lipinski definition) is 3. The van der Waals surface area contributed by atoms with Gasteiger partial charge in [-0.3, -0.25) is 4.79 Å². The minimum absolute atomic E-state index is 0.0593. The van der Waals surface area contributed by atoms with Crippen LogP contribution in [-0.4, -0.2) is 26.6 Å². The molecular formula is C19H22ClNO3S. The van der Waals surface area contributed by atoms with E-state index in [2.05, 4.69) is 12.2 Å². The van der Waals surface area contributed by atoms with Crippen LogP contribution in [0.25, 0.3) is 0 Å². The van der Waals surface area contributed by atoms with Crippen LogP contribution in [-0.2, 0) is 14.6 Å². The Kier molecular flexibility index (Phi) is 7.02. The zero-order chi connectivity index (χ0) is 18.3. The normalized spacial score (nSPS) is 12.6. The Labute approximate surface area is 154 Å². The van der Waals surface area contributed by atoms with Gasteiger partial charge in [-0.15, -0.1) is 0 Å². The van der Waals surface area contributed by atoms with E-state index < -0.39 is 9.84 Å². The third-order valence-electron chi connectivity index (χ3n) is 4.08. The lowest BCUT2D eigenvalue weighted by molar-refractivity contribution is -0.120. The van der Waals surface area contributed by atoms with Gasteiger partial charge in [-0.2, -0.15) is 0 Å². The van der Waals surface area contributed by atoms with Crippen molar-refractivity contribution in [2.75, 3.05) is 12.3 Å². The standard InChI is InChI=1S/C19H22ClNO3S/c1-2-15(16-6-4-3-5-7-16)14-21-19(22)12-13-25(23,24)18-10-8-17(20)9-11-18/h3-11,15H,2,12-14H2,1H3,(H,21,22). The Morgan fingerprint density at radius 2 is 1.72 bits per heavy atom. The summed E-state index contributed by atoms with van der Waals surface area (Å²) < 4.78 is 24.5. The fraction of sp³-hybridized carbons (Fsp3) is 0.316. The number of nitrogens with one attached hydrogen (secondary N) is 1. The molecule has 1 N–H and O–H groups in total. The SMILES string of the molecule is CCC(CNC(=O)CCS(=O)(=O)c1ccc(Cl)cc1)c1ccccc1. The molecule has 4 nitrogen and oxygen atoms in total. The Bertz CT molecular complexity index is 789. The first kappa shape index (κ1) is 19.5. The molecule has 0 aromatic heterocycles. The van der Waals surface area contributed by atoms with Gasteiger partial charge < -0.3 is 5.32 Å². The lowest BCUT2D eigenvalue weighted by atomic mass is 9.96. The number of rotatable bonds is 8. The molecule has 0 bridgehead atoms. The maximum atomic E-state index is 12.2. The van der Waals surface area contributed by atoms with Gasteiger partial charge in [0.1, 0.15) is 0 Å². The van der Waals surface area contributed by atoms with Crippen LogP contribution in [0.3, 0.4) is 0 Å². The first-order valence-electron chi connectivity index (χ1n) is 8.22. The molecule has 0 saturated carbocycles. The summed E-state index contributed by atoms with van der Waals surface area (Å²) in [5, 5.41) is 3.32. The quantitative estimate of drug-likeness (QED) is 0.758. The average molecular weight is 380 g/mol. The van der Waals surface area contributed by atoms with Crippen LogP contribution in [0.5, 0.6) is 0 Å². The van der Waals surface area contributed by atoms with E-state index in [0.29, 0.717) is 11.6 Å². The second kappa shape index (κ2) is 9.02. The van der Waals surface area contributed by atoms with Crippen LogP contribution < -0.4 is 5.32 Å². The molecule has 25 heavy (non-hydrogen) atoms. The van der Waals surface area contributed by atoms with Gasteiger partial charge in [0.05, 0.1) is 10.6 Å². The van der Waals surface area contributed by atoms with Gasteiger partial charge in [0.25, 0.3) is 0 Å². The first-order chi connectivity index (χ1) is 11.9. The van der Waals surface area contributed by atoms with E-state index in [1.807, 2.05) is 30.3 Å². The zero-order valence-corrected chi connectivity index (χ0v) is 15.7. The van der Waals surface area contributed by atoms with Crippen molar-refractivity contribution < 1.29 is 13.2 Å². The number of amides is 1. The molecule has 1 atom stereocenters. The number of carbonyl (C=O) groups excluding carboxylic acids is 1. The number of hydrogen-bond donors (Lipinski definition) is 1. The molecule has 1 amide bonds.